The molecule has 0 aliphatic carbocycles. The van der Waals surface area contributed by atoms with E-state index in [1.807, 2.05) is 0 Å². The Kier molecular flexibility index (Phi) is 5.31. The quantitative estimate of drug-likeness (QED) is 0.645. The number of carbonyl (C=O) groups excluding carboxylic acids is 1. The lowest BCUT2D eigenvalue weighted by molar-refractivity contribution is -0.384. The van der Waals surface area contributed by atoms with Gasteiger partial charge in [0.1, 0.15) is 0 Å². The van der Waals surface area contributed by atoms with Crippen molar-refractivity contribution in [2.24, 2.45) is 0 Å². The summed E-state index contributed by atoms with van der Waals surface area (Å²) in [6.45, 7) is 1.73. The second-order valence-electron chi connectivity index (χ2n) is 5.08. The number of nitro groups is 1. The largest absolute Gasteiger partial charge is 0.388 e. The summed E-state index contributed by atoms with van der Waals surface area (Å²) in [6.07, 6.45) is -1.14. The van der Waals surface area contributed by atoms with Gasteiger partial charge in [0.05, 0.1) is 23.1 Å². The minimum atomic E-state index is -0.980. The minimum Gasteiger partial charge on any atom is -0.388 e. The second kappa shape index (κ2) is 7.21. The summed E-state index contributed by atoms with van der Waals surface area (Å²) in [4.78, 5) is 22.3. The summed E-state index contributed by atoms with van der Waals surface area (Å²) in [5.41, 5.74) is 1.52. The number of benzene rings is 2. The molecule has 0 radical (unpaired) electrons. The number of rotatable bonds is 5. The van der Waals surface area contributed by atoms with E-state index >= 15 is 0 Å². The minimum absolute atomic E-state index is 0.107. The zero-order valence-corrected chi connectivity index (χ0v) is 13.1. The van der Waals surface area contributed by atoms with Crippen LogP contribution in [0.4, 0.5) is 11.4 Å². The Morgan fingerprint density at radius 2 is 1.96 bits per heavy atom. The predicted octanol–water partition coefficient (Wildman–Crippen LogP) is 3.62. The Labute approximate surface area is 137 Å². The van der Waals surface area contributed by atoms with Crippen LogP contribution in [0.2, 0.25) is 5.02 Å². The lowest BCUT2D eigenvalue weighted by Crippen LogP contribution is -2.16. The summed E-state index contributed by atoms with van der Waals surface area (Å²) in [6, 6.07) is 10.8. The van der Waals surface area contributed by atoms with Gasteiger partial charge in [0.15, 0.2) is 0 Å². The highest BCUT2D eigenvalue weighted by atomic mass is 35.5. The Balaban J connectivity index is 2.06. The van der Waals surface area contributed by atoms with Crippen molar-refractivity contribution in [2.75, 3.05) is 5.32 Å². The first-order valence-electron chi connectivity index (χ1n) is 6.85. The van der Waals surface area contributed by atoms with E-state index in [2.05, 4.69) is 5.32 Å². The Hall–Kier alpha value is -2.44. The number of carbonyl (C=O) groups is 1. The molecule has 0 aliphatic rings. The molecule has 1 amide bonds. The molecule has 0 aliphatic heterocycles. The van der Waals surface area contributed by atoms with Gasteiger partial charge in [-0.15, -0.1) is 0 Å². The zero-order valence-electron chi connectivity index (χ0n) is 12.3. The summed E-state index contributed by atoms with van der Waals surface area (Å²) < 4.78 is 0. The molecule has 0 bridgehead atoms. The fraction of sp³-hybridized carbons (Fsp3) is 0.188. The van der Waals surface area contributed by atoms with Crippen LogP contribution in [0.3, 0.4) is 0 Å². The van der Waals surface area contributed by atoms with Gasteiger partial charge >= 0.3 is 0 Å². The number of hydrogen-bond donors (Lipinski definition) is 2. The maximum atomic E-state index is 12.0. The van der Waals surface area contributed by atoms with Crippen LogP contribution < -0.4 is 5.32 Å². The smallest absolute Gasteiger partial charge is 0.271 e. The van der Waals surface area contributed by atoms with Crippen molar-refractivity contribution in [3.8, 4) is 0 Å². The van der Waals surface area contributed by atoms with Crippen LogP contribution in [-0.4, -0.2) is 15.9 Å². The average Bonchev–Trinajstić information content (AvgIpc) is 2.49. The summed E-state index contributed by atoms with van der Waals surface area (Å²) in [7, 11) is 0. The zero-order chi connectivity index (χ0) is 17.0. The summed E-state index contributed by atoms with van der Waals surface area (Å²) in [5.74, 6) is -0.434. The summed E-state index contributed by atoms with van der Waals surface area (Å²) in [5, 5.41) is 24.0. The number of aliphatic hydroxyl groups excluding tert-OH is 1. The number of halogens is 1. The lowest BCUT2D eigenvalue weighted by Gasteiger charge is -2.12. The van der Waals surface area contributed by atoms with Gasteiger partial charge in [-0.2, -0.15) is 0 Å². The molecule has 2 aromatic rings. The molecule has 2 N–H and O–H groups in total. The molecular formula is C16H15ClN2O4. The molecular weight excluding hydrogens is 320 g/mol. The molecule has 0 saturated heterocycles. The number of nitrogens with zero attached hydrogens (tertiary/aromatic N) is 1. The predicted molar refractivity (Wildman–Crippen MR) is 87.5 cm³/mol. The maximum absolute atomic E-state index is 12.0. The van der Waals surface area contributed by atoms with E-state index in [-0.39, 0.29) is 12.1 Å². The third-order valence-corrected chi connectivity index (χ3v) is 3.59. The van der Waals surface area contributed by atoms with E-state index in [0.717, 1.165) is 0 Å². The summed E-state index contributed by atoms with van der Waals surface area (Å²) >= 11 is 5.77. The van der Waals surface area contributed by atoms with Crippen molar-refractivity contribution in [3.63, 3.8) is 0 Å². The first kappa shape index (κ1) is 16.9. The number of aliphatic hydroxyl groups is 1. The highest BCUT2D eigenvalue weighted by Crippen LogP contribution is 2.24. The third kappa shape index (κ3) is 4.51. The molecule has 2 rings (SSSR count). The van der Waals surface area contributed by atoms with E-state index in [1.165, 1.54) is 12.1 Å². The van der Waals surface area contributed by atoms with Crippen molar-refractivity contribution in [2.45, 2.75) is 19.4 Å². The molecule has 7 heteroatoms. The van der Waals surface area contributed by atoms with Gasteiger partial charge < -0.3 is 10.4 Å². The topological polar surface area (TPSA) is 92.5 Å². The van der Waals surface area contributed by atoms with Crippen LogP contribution >= 0.6 is 11.6 Å². The van der Waals surface area contributed by atoms with Crippen molar-refractivity contribution in [1.82, 2.24) is 0 Å². The first-order chi connectivity index (χ1) is 10.9. The van der Waals surface area contributed by atoms with Gasteiger partial charge in [0, 0.05) is 17.2 Å². The third-order valence-electron chi connectivity index (χ3n) is 3.34. The maximum Gasteiger partial charge on any atom is 0.271 e. The van der Waals surface area contributed by atoms with E-state index < -0.39 is 16.9 Å². The molecule has 0 fully saturated rings. The SMILES string of the molecule is Cc1ccc([N+](=O)[O-])cc1NC(=O)CC(O)c1ccc(Cl)cc1. The molecule has 0 heterocycles. The molecule has 6 nitrogen and oxygen atoms in total. The van der Waals surface area contributed by atoms with Gasteiger partial charge in [-0.1, -0.05) is 29.8 Å². The molecule has 1 unspecified atom stereocenters. The van der Waals surface area contributed by atoms with Gasteiger partial charge in [-0.3, -0.25) is 14.9 Å². The molecule has 1 atom stereocenters. The second-order valence-corrected chi connectivity index (χ2v) is 5.51. The van der Waals surface area contributed by atoms with Crippen LogP contribution in [0.15, 0.2) is 42.5 Å². The van der Waals surface area contributed by atoms with Crippen molar-refractivity contribution >= 4 is 28.9 Å². The highest BCUT2D eigenvalue weighted by molar-refractivity contribution is 6.30. The van der Waals surface area contributed by atoms with Gasteiger partial charge in [-0.25, -0.2) is 0 Å². The van der Waals surface area contributed by atoms with E-state index in [9.17, 15) is 20.0 Å². The molecule has 0 spiro atoms. The standard InChI is InChI=1S/C16H15ClN2O4/c1-10-2-7-13(19(22)23)8-14(10)18-16(21)9-15(20)11-3-5-12(17)6-4-11/h2-8,15,20H,9H2,1H3,(H,18,21). The lowest BCUT2D eigenvalue weighted by atomic mass is 10.1. The number of anilines is 1. The van der Waals surface area contributed by atoms with Gasteiger partial charge in [-0.05, 0) is 30.2 Å². The van der Waals surface area contributed by atoms with Gasteiger partial charge in [0.2, 0.25) is 5.91 Å². The van der Waals surface area contributed by atoms with Crippen LogP contribution in [0.25, 0.3) is 0 Å². The number of aryl methyl sites for hydroxylation is 1. The fourth-order valence-electron chi connectivity index (χ4n) is 2.04. The average molecular weight is 335 g/mol. The highest BCUT2D eigenvalue weighted by Gasteiger charge is 2.15. The van der Waals surface area contributed by atoms with Gasteiger partial charge in [0.25, 0.3) is 5.69 Å². The normalized spacial score (nSPS) is 11.8. The number of nitrogens with one attached hydrogen (secondary N) is 1. The van der Waals surface area contributed by atoms with Crippen molar-refractivity contribution in [1.29, 1.82) is 0 Å². The molecule has 120 valence electrons. The molecule has 0 saturated carbocycles. The van der Waals surface area contributed by atoms with E-state index in [4.69, 9.17) is 11.6 Å². The van der Waals surface area contributed by atoms with Crippen LogP contribution in [0.5, 0.6) is 0 Å². The first-order valence-corrected chi connectivity index (χ1v) is 7.23. The number of hydrogen-bond acceptors (Lipinski definition) is 4. The van der Waals surface area contributed by atoms with Crippen LogP contribution in [0, 0.1) is 17.0 Å². The number of nitro benzene ring substituents is 1. The van der Waals surface area contributed by atoms with Crippen molar-refractivity contribution in [3.05, 3.63) is 68.7 Å². The van der Waals surface area contributed by atoms with Crippen LogP contribution in [0.1, 0.15) is 23.7 Å². The monoisotopic (exact) mass is 334 g/mol. The van der Waals surface area contributed by atoms with Crippen molar-refractivity contribution < 1.29 is 14.8 Å². The van der Waals surface area contributed by atoms with E-state index in [1.54, 1.807) is 37.3 Å². The number of non-ortho nitro benzene ring substituents is 1. The Morgan fingerprint density at radius 3 is 2.57 bits per heavy atom. The van der Waals surface area contributed by atoms with E-state index in [0.29, 0.717) is 21.8 Å². The van der Waals surface area contributed by atoms with Crippen LogP contribution in [-0.2, 0) is 4.79 Å². The number of amides is 1. The molecule has 2 aromatic carbocycles. The fourth-order valence-corrected chi connectivity index (χ4v) is 2.16. The Bertz CT molecular complexity index is 731. The Morgan fingerprint density at radius 1 is 1.30 bits per heavy atom. The molecule has 23 heavy (non-hydrogen) atoms. The molecule has 0 aromatic heterocycles.